The summed E-state index contributed by atoms with van der Waals surface area (Å²) in [5, 5.41) is 0. The zero-order chi connectivity index (χ0) is 13.0. The van der Waals surface area contributed by atoms with E-state index in [9.17, 15) is 0 Å². The third kappa shape index (κ3) is 3.99. The molecule has 1 aromatic rings. The van der Waals surface area contributed by atoms with Gasteiger partial charge in [-0.15, -0.1) is 0 Å². The summed E-state index contributed by atoms with van der Waals surface area (Å²) >= 11 is 3.57. The van der Waals surface area contributed by atoms with Crippen molar-refractivity contribution in [2.24, 2.45) is 11.7 Å². The standard InChI is InChI=1S/C15H22BrNO/c1-11(17)8-13-9-14(6-7-15(13)16)18-10-12-4-2-3-5-12/h6-7,9,11-12H,2-5,8,10,17H2,1H3. The van der Waals surface area contributed by atoms with Crippen LogP contribution in [0.3, 0.4) is 0 Å². The summed E-state index contributed by atoms with van der Waals surface area (Å²) in [6.07, 6.45) is 6.25. The van der Waals surface area contributed by atoms with Crippen molar-refractivity contribution in [1.82, 2.24) is 0 Å². The van der Waals surface area contributed by atoms with Gasteiger partial charge in [-0.25, -0.2) is 0 Å². The minimum atomic E-state index is 0.173. The lowest BCUT2D eigenvalue weighted by atomic mass is 10.1. The van der Waals surface area contributed by atoms with Crippen molar-refractivity contribution in [3.63, 3.8) is 0 Å². The number of rotatable bonds is 5. The fourth-order valence-electron chi connectivity index (χ4n) is 2.54. The van der Waals surface area contributed by atoms with Gasteiger partial charge in [0.2, 0.25) is 0 Å². The van der Waals surface area contributed by atoms with Crippen LogP contribution in [-0.2, 0) is 6.42 Å². The summed E-state index contributed by atoms with van der Waals surface area (Å²) in [4.78, 5) is 0. The van der Waals surface area contributed by atoms with E-state index >= 15 is 0 Å². The molecule has 1 saturated carbocycles. The first-order chi connectivity index (χ1) is 8.65. The molecule has 1 aliphatic rings. The van der Waals surface area contributed by atoms with Gasteiger partial charge in [-0.3, -0.25) is 0 Å². The van der Waals surface area contributed by atoms with Crippen LogP contribution in [0.15, 0.2) is 22.7 Å². The van der Waals surface area contributed by atoms with Crippen LogP contribution in [0.5, 0.6) is 5.75 Å². The summed E-state index contributed by atoms with van der Waals surface area (Å²) < 4.78 is 7.02. The maximum atomic E-state index is 5.91. The van der Waals surface area contributed by atoms with Crippen LogP contribution >= 0.6 is 15.9 Å². The Bertz CT molecular complexity index is 386. The Labute approximate surface area is 118 Å². The summed E-state index contributed by atoms with van der Waals surface area (Å²) in [6.45, 7) is 2.89. The number of hydrogen-bond acceptors (Lipinski definition) is 2. The largest absolute Gasteiger partial charge is 0.493 e. The second-order valence-corrected chi connectivity index (χ2v) is 6.25. The predicted molar refractivity (Wildman–Crippen MR) is 78.9 cm³/mol. The van der Waals surface area contributed by atoms with Gasteiger partial charge in [-0.05, 0) is 55.9 Å². The molecule has 1 fully saturated rings. The van der Waals surface area contributed by atoms with Gasteiger partial charge in [0.15, 0.2) is 0 Å². The second kappa shape index (κ2) is 6.58. The van der Waals surface area contributed by atoms with Gasteiger partial charge >= 0.3 is 0 Å². The molecule has 0 aliphatic heterocycles. The molecule has 0 heterocycles. The summed E-state index contributed by atoms with van der Waals surface area (Å²) in [6, 6.07) is 6.37. The molecule has 0 radical (unpaired) electrons. The Hall–Kier alpha value is -0.540. The molecule has 100 valence electrons. The van der Waals surface area contributed by atoms with Gasteiger partial charge in [-0.1, -0.05) is 28.8 Å². The van der Waals surface area contributed by atoms with Crippen LogP contribution in [0.2, 0.25) is 0 Å². The summed E-state index contributed by atoms with van der Waals surface area (Å²) in [5.74, 6) is 1.73. The Kier molecular flexibility index (Phi) is 5.07. The Morgan fingerprint density at radius 1 is 1.39 bits per heavy atom. The molecule has 2 N–H and O–H groups in total. The highest BCUT2D eigenvalue weighted by Gasteiger charge is 2.15. The molecule has 2 nitrogen and oxygen atoms in total. The highest BCUT2D eigenvalue weighted by molar-refractivity contribution is 9.10. The van der Waals surface area contributed by atoms with E-state index in [0.29, 0.717) is 0 Å². The first-order valence-electron chi connectivity index (χ1n) is 6.82. The summed E-state index contributed by atoms with van der Waals surface area (Å²) in [7, 11) is 0. The van der Waals surface area contributed by atoms with Crippen molar-refractivity contribution in [3.8, 4) is 5.75 Å². The molecular formula is C15H22BrNO. The monoisotopic (exact) mass is 311 g/mol. The normalized spacial score (nSPS) is 17.9. The fourth-order valence-corrected chi connectivity index (χ4v) is 2.94. The van der Waals surface area contributed by atoms with E-state index in [1.165, 1.54) is 31.2 Å². The summed E-state index contributed by atoms with van der Waals surface area (Å²) in [5.41, 5.74) is 7.09. The van der Waals surface area contributed by atoms with Crippen LogP contribution < -0.4 is 10.5 Å². The molecule has 0 amide bonds. The number of halogens is 1. The second-order valence-electron chi connectivity index (χ2n) is 5.40. The van der Waals surface area contributed by atoms with Crippen molar-refractivity contribution in [3.05, 3.63) is 28.2 Å². The Morgan fingerprint density at radius 2 is 2.11 bits per heavy atom. The quantitative estimate of drug-likeness (QED) is 0.895. The van der Waals surface area contributed by atoms with Gasteiger partial charge < -0.3 is 10.5 Å². The highest BCUT2D eigenvalue weighted by atomic mass is 79.9. The van der Waals surface area contributed by atoms with Gasteiger partial charge in [0.1, 0.15) is 5.75 Å². The predicted octanol–water partition coefficient (Wildman–Crippen LogP) is 3.91. The van der Waals surface area contributed by atoms with Crippen molar-refractivity contribution in [1.29, 1.82) is 0 Å². The molecule has 1 atom stereocenters. The van der Waals surface area contributed by atoms with Crippen molar-refractivity contribution >= 4 is 15.9 Å². The molecule has 2 rings (SSSR count). The lowest BCUT2D eigenvalue weighted by Gasteiger charge is -2.14. The zero-order valence-electron chi connectivity index (χ0n) is 11.0. The van der Waals surface area contributed by atoms with Gasteiger partial charge in [0.05, 0.1) is 6.61 Å². The first kappa shape index (κ1) is 13.9. The molecule has 3 heteroatoms. The van der Waals surface area contributed by atoms with Gasteiger partial charge in [0, 0.05) is 10.5 Å². The van der Waals surface area contributed by atoms with Crippen LogP contribution in [0.4, 0.5) is 0 Å². The third-order valence-electron chi connectivity index (χ3n) is 3.52. The van der Waals surface area contributed by atoms with E-state index in [-0.39, 0.29) is 6.04 Å². The van der Waals surface area contributed by atoms with Crippen LogP contribution in [0.25, 0.3) is 0 Å². The topological polar surface area (TPSA) is 35.2 Å². The van der Waals surface area contributed by atoms with E-state index in [1.54, 1.807) is 0 Å². The third-order valence-corrected chi connectivity index (χ3v) is 4.29. The average molecular weight is 312 g/mol. The van der Waals surface area contributed by atoms with E-state index in [4.69, 9.17) is 10.5 Å². The van der Waals surface area contributed by atoms with Gasteiger partial charge in [-0.2, -0.15) is 0 Å². The van der Waals surface area contributed by atoms with Crippen LogP contribution in [-0.4, -0.2) is 12.6 Å². The van der Waals surface area contributed by atoms with Crippen molar-refractivity contribution in [2.45, 2.75) is 45.1 Å². The molecule has 1 aliphatic carbocycles. The number of nitrogens with two attached hydrogens (primary N) is 1. The molecule has 1 unspecified atom stereocenters. The molecule has 18 heavy (non-hydrogen) atoms. The smallest absolute Gasteiger partial charge is 0.119 e. The highest BCUT2D eigenvalue weighted by Crippen LogP contribution is 2.27. The molecule has 0 spiro atoms. The first-order valence-corrected chi connectivity index (χ1v) is 7.61. The van der Waals surface area contributed by atoms with E-state index in [2.05, 4.69) is 28.1 Å². The van der Waals surface area contributed by atoms with E-state index in [1.807, 2.05) is 13.0 Å². The van der Waals surface area contributed by atoms with Crippen molar-refractivity contribution < 1.29 is 4.74 Å². The lowest BCUT2D eigenvalue weighted by molar-refractivity contribution is 0.252. The molecular weight excluding hydrogens is 290 g/mol. The average Bonchev–Trinajstić information content (AvgIpc) is 2.82. The number of hydrogen-bond donors (Lipinski definition) is 1. The maximum absolute atomic E-state index is 5.91. The number of ether oxygens (including phenoxy) is 1. The maximum Gasteiger partial charge on any atom is 0.119 e. The van der Waals surface area contributed by atoms with Crippen LogP contribution in [0.1, 0.15) is 38.2 Å². The number of benzene rings is 1. The molecule has 0 aromatic heterocycles. The van der Waals surface area contributed by atoms with E-state index in [0.717, 1.165) is 29.2 Å². The Balaban J connectivity index is 1.95. The minimum absolute atomic E-state index is 0.173. The fraction of sp³-hybridized carbons (Fsp3) is 0.600. The van der Waals surface area contributed by atoms with Crippen molar-refractivity contribution in [2.75, 3.05) is 6.61 Å². The SMILES string of the molecule is CC(N)Cc1cc(OCC2CCCC2)ccc1Br. The molecule has 0 bridgehead atoms. The lowest BCUT2D eigenvalue weighted by Crippen LogP contribution is -2.18. The minimum Gasteiger partial charge on any atom is -0.493 e. The van der Waals surface area contributed by atoms with Gasteiger partial charge in [0.25, 0.3) is 0 Å². The molecule has 1 aromatic carbocycles. The van der Waals surface area contributed by atoms with Crippen LogP contribution in [0, 0.1) is 5.92 Å². The molecule has 0 saturated heterocycles. The Morgan fingerprint density at radius 3 is 2.78 bits per heavy atom. The van der Waals surface area contributed by atoms with E-state index < -0.39 is 0 Å². The zero-order valence-corrected chi connectivity index (χ0v) is 12.6.